The summed E-state index contributed by atoms with van der Waals surface area (Å²) in [6.45, 7) is 4.88. The van der Waals surface area contributed by atoms with Gasteiger partial charge >= 0.3 is 0 Å². The lowest BCUT2D eigenvalue weighted by molar-refractivity contribution is -0.117. The molecule has 1 unspecified atom stereocenters. The molecule has 0 saturated carbocycles. The van der Waals surface area contributed by atoms with Gasteiger partial charge in [-0.2, -0.15) is 0 Å². The Morgan fingerprint density at radius 1 is 1.47 bits per heavy atom. The first-order valence-corrected chi connectivity index (χ1v) is 6.49. The van der Waals surface area contributed by atoms with Crippen molar-refractivity contribution in [2.45, 2.75) is 13.3 Å². The van der Waals surface area contributed by atoms with Gasteiger partial charge in [-0.1, -0.05) is 6.92 Å². The molecule has 4 nitrogen and oxygen atoms in total. The van der Waals surface area contributed by atoms with Crippen molar-refractivity contribution in [2.24, 2.45) is 11.1 Å². The molecule has 104 valence electrons. The first-order chi connectivity index (χ1) is 9.00. The van der Waals surface area contributed by atoms with Crippen LogP contribution in [0.2, 0.25) is 0 Å². The lowest BCUT2D eigenvalue weighted by Gasteiger charge is -2.22. The van der Waals surface area contributed by atoms with E-state index < -0.39 is 0 Å². The normalized spacial score (nSPS) is 23.5. The molecule has 1 amide bonds. The minimum atomic E-state index is -0.309. The van der Waals surface area contributed by atoms with Crippen molar-refractivity contribution in [3.8, 4) is 0 Å². The monoisotopic (exact) mass is 265 g/mol. The summed E-state index contributed by atoms with van der Waals surface area (Å²) in [6.07, 6.45) is 1.02. The third-order valence-corrected chi connectivity index (χ3v) is 3.62. The lowest BCUT2D eigenvalue weighted by Crippen LogP contribution is -2.35. The maximum absolute atomic E-state index is 12.7. The van der Waals surface area contributed by atoms with Crippen LogP contribution in [0.3, 0.4) is 0 Å². The summed E-state index contributed by atoms with van der Waals surface area (Å²) in [5.41, 5.74) is 6.48. The van der Waals surface area contributed by atoms with Crippen LogP contribution in [0.4, 0.5) is 10.1 Å². The number of nitrogens with zero attached hydrogens (tertiary/aromatic N) is 1. The standard InChI is InChI=1S/C14H20FN3O/c1-14(9-16)6-7-18(10-14)8-13(19)17-12-4-2-11(15)3-5-12/h2-5H,6-10,16H2,1H3,(H,17,19). The molecule has 1 fully saturated rings. The number of likely N-dealkylation sites (tertiary alicyclic amines) is 1. The van der Waals surface area contributed by atoms with Crippen LogP contribution in [0.5, 0.6) is 0 Å². The van der Waals surface area contributed by atoms with Gasteiger partial charge in [-0.05, 0) is 49.2 Å². The third kappa shape index (κ3) is 3.75. The zero-order chi connectivity index (χ0) is 13.9. The Morgan fingerprint density at radius 3 is 2.74 bits per heavy atom. The average Bonchev–Trinajstić information content (AvgIpc) is 2.74. The molecule has 3 N–H and O–H groups in total. The highest BCUT2D eigenvalue weighted by Crippen LogP contribution is 2.28. The molecule has 0 aromatic heterocycles. The summed E-state index contributed by atoms with van der Waals surface area (Å²) in [5.74, 6) is -0.385. The van der Waals surface area contributed by atoms with Gasteiger partial charge in [0.1, 0.15) is 5.82 Å². The second kappa shape index (κ2) is 5.67. The van der Waals surface area contributed by atoms with Crippen molar-refractivity contribution < 1.29 is 9.18 Å². The Kier molecular flexibility index (Phi) is 4.17. The van der Waals surface area contributed by atoms with E-state index in [-0.39, 0.29) is 17.1 Å². The first-order valence-electron chi connectivity index (χ1n) is 6.49. The summed E-state index contributed by atoms with van der Waals surface area (Å²) >= 11 is 0. The number of carbonyl (C=O) groups is 1. The number of amides is 1. The van der Waals surface area contributed by atoms with Crippen LogP contribution in [0.1, 0.15) is 13.3 Å². The molecule has 0 aliphatic carbocycles. The number of carbonyl (C=O) groups excluding carboxylic acids is 1. The number of rotatable bonds is 4. The van der Waals surface area contributed by atoms with Crippen LogP contribution in [-0.4, -0.2) is 37.0 Å². The zero-order valence-corrected chi connectivity index (χ0v) is 11.2. The van der Waals surface area contributed by atoms with Crippen molar-refractivity contribution in [1.82, 2.24) is 4.90 Å². The second-order valence-electron chi connectivity index (χ2n) is 5.53. The van der Waals surface area contributed by atoms with Gasteiger partial charge in [0, 0.05) is 12.2 Å². The highest BCUT2D eigenvalue weighted by molar-refractivity contribution is 5.92. The summed E-state index contributed by atoms with van der Waals surface area (Å²) in [5, 5.41) is 2.76. The molecule has 5 heteroatoms. The number of nitrogens with two attached hydrogens (primary N) is 1. The topological polar surface area (TPSA) is 58.4 Å². The van der Waals surface area contributed by atoms with Crippen LogP contribution < -0.4 is 11.1 Å². The fourth-order valence-electron chi connectivity index (χ4n) is 2.36. The van der Waals surface area contributed by atoms with E-state index >= 15 is 0 Å². The lowest BCUT2D eigenvalue weighted by atomic mass is 9.90. The zero-order valence-electron chi connectivity index (χ0n) is 11.2. The third-order valence-electron chi connectivity index (χ3n) is 3.62. The minimum absolute atomic E-state index is 0.0760. The molecule has 19 heavy (non-hydrogen) atoms. The Labute approximate surface area is 112 Å². The van der Waals surface area contributed by atoms with Gasteiger partial charge in [0.15, 0.2) is 0 Å². The fourth-order valence-corrected chi connectivity index (χ4v) is 2.36. The van der Waals surface area contributed by atoms with Crippen LogP contribution in [0.25, 0.3) is 0 Å². The average molecular weight is 265 g/mol. The van der Waals surface area contributed by atoms with E-state index in [1.54, 1.807) is 12.1 Å². The number of halogens is 1. The van der Waals surface area contributed by atoms with Crippen molar-refractivity contribution in [1.29, 1.82) is 0 Å². The summed E-state index contributed by atoms with van der Waals surface area (Å²) in [4.78, 5) is 14.0. The Hall–Kier alpha value is -1.46. The van der Waals surface area contributed by atoms with E-state index in [2.05, 4.69) is 17.1 Å². The van der Waals surface area contributed by atoms with E-state index in [1.165, 1.54) is 12.1 Å². The van der Waals surface area contributed by atoms with Crippen LogP contribution in [0, 0.1) is 11.2 Å². The van der Waals surface area contributed by atoms with Gasteiger partial charge in [-0.3, -0.25) is 9.69 Å². The molecule has 0 spiro atoms. The molecular formula is C14H20FN3O. The van der Waals surface area contributed by atoms with Gasteiger partial charge in [0.05, 0.1) is 6.54 Å². The summed E-state index contributed by atoms with van der Waals surface area (Å²) in [7, 11) is 0. The number of hydrogen-bond acceptors (Lipinski definition) is 3. The van der Waals surface area contributed by atoms with Crippen molar-refractivity contribution in [3.63, 3.8) is 0 Å². The SMILES string of the molecule is CC1(CN)CCN(CC(=O)Nc2ccc(F)cc2)C1. The molecule has 1 aromatic rings. The van der Waals surface area contributed by atoms with Crippen LogP contribution in [-0.2, 0) is 4.79 Å². The molecule has 1 heterocycles. The summed E-state index contributed by atoms with van der Waals surface area (Å²) < 4.78 is 12.7. The quantitative estimate of drug-likeness (QED) is 0.866. The molecule has 1 atom stereocenters. The van der Waals surface area contributed by atoms with Crippen molar-refractivity contribution >= 4 is 11.6 Å². The van der Waals surface area contributed by atoms with Crippen molar-refractivity contribution in [2.75, 3.05) is 31.5 Å². The van der Waals surface area contributed by atoms with E-state index in [9.17, 15) is 9.18 Å². The smallest absolute Gasteiger partial charge is 0.238 e. The Balaban J connectivity index is 1.84. The highest BCUT2D eigenvalue weighted by Gasteiger charge is 2.32. The number of benzene rings is 1. The molecule has 1 aliphatic rings. The van der Waals surface area contributed by atoms with Gasteiger partial charge in [0.25, 0.3) is 0 Å². The molecule has 2 rings (SSSR count). The second-order valence-corrected chi connectivity index (χ2v) is 5.53. The maximum atomic E-state index is 12.7. The predicted molar refractivity (Wildman–Crippen MR) is 73.2 cm³/mol. The fraction of sp³-hybridized carbons (Fsp3) is 0.500. The van der Waals surface area contributed by atoms with E-state index in [0.29, 0.717) is 18.8 Å². The molecule has 1 aromatic carbocycles. The summed E-state index contributed by atoms with van der Waals surface area (Å²) in [6, 6.07) is 5.77. The highest BCUT2D eigenvalue weighted by atomic mass is 19.1. The van der Waals surface area contributed by atoms with E-state index in [0.717, 1.165) is 19.5 Å². The number of hydrogen-bond donors (Lipinski definition) is 2. The van der Waals surface area contributed by atoms with Gasteiger partial charge in [-0.15, -0.1) is 0 Å². The van der Waals surface area contributed by atoms with E-state index in [4.69, 9.17) is 5.73 Å². The van der Waals surface area contributed by atoms with Gasteiger partial charge < -0.3 is 11.1 Å². The van der Waals surface area contributed by atoms with Gasteiger partial charge in [0.2, 0.25) is 5.91 Å². The first kappa shape index (κ1) is 14.0. The van der Waals surface area contributed by atoms with Crippen LogP contribution in [0.15, 0.2) is 24.3 Å². The Bertz CT molecular complexity index is 449. The van der Waals surface area contributed by atoms with Crippen LogP contribution >= 0.6 is 0 Å². The predicted octanol–water partition coefficient (Wildman–Crippen LogP) is 1.43. The molecule has 1 saturated heterocycles. The molecule has 0 radical (unpaired) electrons. The number of anilines is 1. The molecule has 0 bridgehead atoms. The van der Waals surface area contributed by atoms with Crippen molar-refractivity contribution in [3.05, 3.63) is 30.1 Å². The largest absolute Gasteiger partial charge is 0.330 e. The molecule has 1 aliphatic heterocycles. The maximum Gasteiger partial charge on any atom is 0.238 e. The Morgan fingerprint density at radius 2 is 2.16 bits per heavy atom. The van der Waals surface area contributed by atoms with E-state index in [1.807, 2.05) is 0 Å². The van der Waals surface area contributed by atoms with Gasteiger partial charge in [-0.25, -0.2) is 4.39 Å². The number of nitrogens with one attached hydrogen (secondary N) is 1. The minimum Gasteiger partial charge on any atom is -0.330 e. The molecular weight excluding hydrogens is 245 g/mol.